The molecule has 1 aromatic carbocycles. The zero-order valence-electron chi connectivity index (χ0n) is 8.20. The van der Waals surface area contributed by atoms with Crippen molar-refractivity contribution >= 4 is 21.4 Å². The maximum atomic E-state index is 9.04. The molecule has 0 radical (unpaired) electrons. The van der Waals surface area contributed by atoms with Gasteiger partial charge < -0.3 is 9.84 Å². The van der Waals surface area contributed by atoms with Crippen LogP contribution in [0.4, 0.5) is 0 Å². The molecular formula is C11H12O2S. The Morgan fingerprint density at radius 3 is 2.79 bits per heavy atom. The minimum atomic E-state index is 0.112. The van der Waals surface area contributed by atoms with E-state index in [0.29, 0.717) is 0 Å². The van der Waals surface area contributed by atoms with Gasteiger partial charge in [-0.2, -0.15) is 0 Å². The van der Waals surface area contributed by atoms with E-state index in [2.05, 4.69) is 6.92 Å². The Morgan fingerprint density at radius 2 is 2.14 bits per heavy atom. The minimum absolute atomic E-state index is 0.112. The Kier molecular flexibility index (Phi) is 2.44. The van der Waals surface area contributed by atoms with Gasteiger partial charge in [-0.05, 0) is 36.1 Å². The second-order valence-electron chi connectivity index (χ2n) is 3.23. The highest BCUT2D eigenvalue weighted by Crippen LogP contribution is 2.32. The van der Waals surface area contributed by atoms with E-state index in [1.165, 1.54) is 10.3 Å². The van der Waals surface area contributed by atoms with Crippen molar-refractivity contribution < 1.29 is 9.84 Å². The van der Waals surface area contributed by atoms with E-state index < -0.39 is 0 Å². The fraction of sp³-hybridized carbons (Fsp3) is 0.273. The number of fused-ring (bicyclic) bond motifs is 1. The fourth-order valence-corrected chi connectivity index (χ4v) is 2.51. The molecule has 1 aromatic heterocycles. The molecule has 74 valence electrons. The predicted molar refractivity (Wildman–Crippen MR) is 59.0 cm³/mol. The summed E-state index contributed by atoms with van der Waals surface area (Å²) in [5, 5.41) is 10.2. The lowest BCUT2D eigenvalue weighted by atomic mass is 10.1. The number of ether oxygens (including phenoxy) is 1. The van der Waals surface area contributed by atoms with Gasteiger partial charge in [-0.1, -0.05) is 0 Å². The number of aliphatic hydroxyl groups is 1. The van der Waals surface area contributed by atoms with Crippen LogP contribution in [0.15, 0.2) is 18.2 Å². The minimum Gasteiger partial charge on any atom is -0.497 e. The molecule has 0 spiro atoms. The summed E-state index contributed by atoms with van der Waals surface area (Å²) in [5.74, 6) is 0.872. The molecule has 2 aromatic rings. The number of rotatable bonds is 2. The van der Waals surface area contributed by atoms with Gasteiger partial charge in [-0.15, -0.1) is 11.3 Å². The average Bonchev–Trinajstić information content (AvgIpc) is 2.61. The van der Waals surface area contributed by atoms with E-state index in [0.717, 1.165) is 16.0 Å². The number of benzene rings is 1. The number of methoxy groups -OCH3 is 1. The molecule has 0 aliphatic carbocycles. The van der Waals surface area contributed by atoms with Crippen LogP contribution in [0.1, 0.15) is 10.4 Å². The van der Waals surface area contributed by atoms with Gasteiger partial charge in [0.25, 0.3) is 0 Å². The number of hydrogen-bond acceptors (Lipinski definition) is 3. The Labute approximate surface area is 86.8 Å². The monoisotopic (exact) mass is 208 g/mol. The summed E-state index contributed by atoms with van der Waals surface area (Å²) in [7, 11) is 1.67. The molecule has 0 saturated carbocycles. The van der Waals surface area contributed by atoms with Crippen molar-refractivity contribution in [3.8, 4) is 5.75 Å². The van der Waals surface area contributed by atoms with E-state index in [-0.39, 0.29) is 6.61 Å². The second kappa shape index (κ2) is 3.59. The third-order valence-corrected chi connectivity index (χ3v) is 3.49. The maximum Gasteiger partial charge on any atom is 0.119 e. The molecule has 0 atom stereocenters. The van der Waals surface area contributed by atoms with Crippen LogP contribution in [0.25, 0.3) is 10.1 Å². The molecule has 0 fully saturated rings. The fourth-order valence-electron chi connectivity index (χ4n) is 1.54. The van der Waals surface area contributed by atoms with E-state index >= 15 is 0 Å². The summed E-state index contributed by atoms with van der Waals surface area (Å²) in [6.07, 6.45) is 0. The number of aryl methyl sites for hydroxylation is 1. The molecule has 0 unspecified atom stereocenters. The van der Waals surface area contributed by atoms with Crippen molar-refractivity contribution in [3.05, 3.63) is 28.6 Å². The van der Waals surface area contributed by atoms with Crippen LogP contribution < -0.4 is 4.74 Å². The summed E-state index contributed by atoms with van der Waals surface area (Å²) >= 11 is 1.64. The quantitative estimate of drug-likeness (QED) is 0.822. The Balaban J connectivity index is 2.67. The molecule has 3 heteroatoms. The van der Waals surface area contributed by atoms with Crippen molar-refractivity contribution in [1.82, 2.24) is 0 Å². The normalized spacial score (nSPS) is 10.8. The van der Waals surface area contributed by atoms with Gasteiger partial charge in [0.1, 0.15) is 5.75 Å². The van der Waals surface area contributed by atoms with Crippen LogP contribution in [0, 0.1) is 6.92 Å². The van der Waals surface area contributed by atoms with Gasteiger partial charge in [0.15, 0.2) is 0 Å². The molecule has 14 heavy (non-hydrogen) atoms. The van der Waals surface area contributed by atoms with Crippen LogP contribution in [0.5, 0.6) is 5.75 Å². The smallest absolute Gasteiger partial charge is 0.119 e. The number of hydrogen-bond donors (Lipinski definition) is 1. The Hall–Kier alpha value is -1.06. The standard InChI is InChI=1S/C11H12O2S/c1-7-3-9(13-2)4-8-5-10(6-12)14-11(7)8/h3-5,12H,6H2,1-2H3. The van der Waals surface area contributed by atoms with Crippen molar-refractivity contribution in [2.45, 2.75) is 13.5 Å². The SMILES string of the molecule is COc1cc(C)c2sc(CO)cc2c1. The molecule has 0 amide bonds. The van der Waals surface area contributed by atoms with Crippen molar-refractivity contribution in [2.24, 2.45) is 0 Å². The van der Waals surface area contributed by atoms with Crippen LogP contribution in [-0.2, 0) is 6.61 Å². The summed E-state index contributed by atoms with van der Waals surface area (Å²) < 4.78 is 6.42. The summed E-state index contributed by atoms with van der Waals surface area (Å²) in [6.45, 7) is 2.17. The van der Waals surface area contributed by atoms with Crippen LogP contribution in [-0.4, -0.2) is 12.2 Å². The van der Waals surface area contributed by atoms with Gasteiger partial charge in [-0.3, -0.25) is 0 Å². The number of aliphatic hydroxyl groups excluding tert-OH is 1. The van der Waals surface area contributed by atoms with Crippen molar-refractivity contribution in [3.63, 3.8) is 0 Å². The van der Waals surface area contributed by atoms with E-state index in [1.807, 2.05) is 18.2 Å². The Morgan fingerprint density at radius 1 is 1.36 bits per heavy atom. The van der Waals surface area contributed by atoms with Crippen molar-refractivity contribution in [2.75, 3.05) is 7.11 Å². The lowest BCUT2D eigenvalue weighted by Gasteiger charge is -2.01. The predicted octanol–water partition coefficient (Wildman–Crippen LogP) is 2.71. The maximum absolute atomic E-state index is 9.04. The average molecular weight is 208 g/mol. The van der Waals surface area contributed by atoms with E-state index in [9.17, 15) is 0 Å². The molecule has 0 aliphatic heterocycles. The first-order chi connectivity index (χ1) is 6.74. The molecular weight excluding hydrogens is 196 g/mol. The third kappa shape index (κ3) is 1.49. The summed E-state index contributed by atoms with van der Waals surface area (Å²) in [5.41, 5.74) is 1.20. The first-order valence-electron chi connectivity index (χ1n) is 4.42. The van der Waals surface area contributed by atoms with Crippen LogP contribution in [0.2, 0.25) is 0 Å². The molecule has 0 saturated heterocycles. The highest BCUT2D eigenvalue weighted by atomic mass is 32.1. The molecule has 2 rings (SSSR count). The third-order valence-electron chi connectivity index (χ3n) is 2.22. The highest BCUT2D eigenvalue weighted by molar-refractivity contribution is 7.19. The van der Waals surface area contributed by atoms with Gasteiger partial charge in [0.2, 0.25) is 0 Å². The first kappa shape index (κ1) is 9.49. The second-order valence-corrected chi connectivity index (χ2v) is 4.37. The lowest BCUT2D eigenvalue weighted by Crippen LogP contribution is -1.82. The largest absolute Gasteiger partial charge is 0.497 e. The number of thiophene rings is 1. The molecule has 0 bridgehead atoms. The van der Waals surface area contributed by atoms with Crippen LogP contribution in [0.3, 0.4) is 0 Å². The van der Waals surface area contributed by atoms with Gasteiger partial charge >= 0.3 is 0 Å². The molecule has 2 nitrogen and oxygen atoms in total. The van der Waals surface area contributed by atoms with Gasteiger partial charge in [-0.25, -0.2) is 0 Å². The van der Waals surface area contributed by atoms with E-state index in [4.69, 9.17) is 9.84 Å². The zero-order valence-corrected chi connectivity index (χ0v) is 9.02. The zero-order chi connectivity index (χ0) is 10.1. The van der Waals surface area contributed by atoms with Crippen LogP contribution >= 0.6 is 11.3 Å². The highest BCUT2D eigenvalue weighted by Gasteiger charge is 2.05. The van der Waals surface area contributed by atoms with Gasteiger partial charge in [0, 0.05) is 9.58 Å². The first-order valence-corrected chi connectivity index (χ1v) is 5.24. The lowest BCUT2D eigenvalue weighted by molar-refractivity contribution is 0.285. The molecule has 1 N–H and O–H groups in total. The van der Waals surface area contributed by atoms with Crippen molar-refractivity contribution in [1.29, 1.82) is 0 Å². The summed E-state index contributed by atoms with van der Waals surface area (Å²) in [4.78, 5) is 0.997. The molecule has 0 aliphatic rings. The topological polar surface area (TPSA) is 29.5 Å². The molecule has 1 heterocycles. The van der Waals surface area contributed by atoms with Gasteiger partial charge in [0.05, 0.1) is 13.7 Å². The summed E-state index contributed by atoms with van der Waals surface area (Å²) in [6, 6.07) is 6.02. The van der Waals surface area contributed by atoms with E-state index in [1.54, 1.807) is 18.4 Å². The Bertz CT molecular complexity index is 460.